The van der Waals surface area contributed by atoms with Crippen molar-refractivity contribution in [2.45, 2.75) is 25.4 Å². The van der Waals surface area contributed by atoms with Crippen molar-refractivity contribution in [3.63, 3.8) is 0 Å². The Bertz CT molecular complexity index is 789. The molecule has 2 aromatic rings. The third kappa shape index (κ3) is 1.97. The van der Waals surface area contributed by atoms with Gasteiger partial charge in [0.2, 0.25) is 16.0 Å². The molecule has 0 spiro atoms. The fraction of sp³-hybridized carbons (Fsp3) is 0.462. The van der Waals surface area contributed by atoms with Gasteiger partial charge in [0.25, 0.3) is 0 Å². The van der Waals surface area contributed by atoms with Crippen LogP contribution in [0.3, 0.4) is 0 Å². The van der Waals surface area contributed by atoms with Gasteiger partial charge in [-0.05, 0) is 43.4 Å². The van der Waals surface area contributed by atoms with Crippen LogP contribution >= 0.6 is 0 Å². The Labute approximate surface area is 117 Å². The molecular weight excluding hydrogens is 278 g/mol. The Balaban J connectivity index is 2.19. The van der Waals surface area contributed by atoms with Crippen LogP contribution in [0, 0.1) is 5.92 Å². The van der Waals surface area contributed by atoms with E-state index in [0.29, 0.717) is 11.0 Å². The zero-order valence-electron chi connectivity index (χ0n) is 11.4. The first-order valence-electron chi connectivity index (χ1n) is 6.42. The van der Waals surface area contributed by atoms with Gasteiger partial charge in [-0.1, -0.05) is 6.07 Å². The molecule has 1 saturated carbocycles. The van der Waals surface area contributed by atoms with Crippen molar-refractivity contribution in [3.8, 4) is 0 Å². The number of hydrogen-bond donors (Lipinski definition) is 2. The highest BCUT2D eigenvalue weighted by molar-refractivity contribution is 7.89. The molecule has 0 saturated heterocycles. The Kier molecular flexibility index (Phi) is 2.65. The predicted molar refractivity (Wildman–Crippen MR) is 76.7 cm³/mol. The molecule has 1 aliphatic carbocycles. The average molecular weight is 295 g/mol. The van der Waals surface area contributed by atoms with Crippen LogP contribution in [-0.2, 0) is 15.6 Å². The molecule has 3 rings (SSSR count). The first-order valence-corrected chi connectivity index (χ1v) is 8.27. The van der Waals surface area contributed by atoms with E-state index >= 15 is 0 Å². The van der Waals surface area contributed by atoms with Gasteiger partial charge in [0.1, 0.15) is 0 Å². The third-order valence-corrected chi connectivity index (χ3v) is 4.97. The fourth-order valence-corrected chi connectivity index (χ4v) is 3.51. The molecule has 1 aromatic carbocycles. The quantitative estimate of drug-likeness (QED) is 0.881. The van der Waals surface area contributed by atoms with E-state index in [4.69, 9.17) is 5.73 Å². The number of aliphatic hydroxyl groups is 1. The summed E-state index contributed by atoms with van der Waals surface area (Å²) in [4.78, 5) is 4.08. The first-order chi connectivity index (χ1) is 9.21. The summed E-state index contributed by atoms with van der Waals surface area (Å²) in [6.07, 6.45) is 3.09. The molecule has 0 bridgehead atoms. The van der Waals surface area contributed by atoms with Gasteiger partial charge in [-0.15, -0.1) is 0 Å². The predicted octanol–water partition coefficient (Wildman–Crippen LogP) is 1.04. The van der Waals surface area contributed by atoms with Gasteiger partial charge in [0, 0.05) is 0 Å². The Hall–Kier alpha value is -1.60. The topological polar surface area (TPSA) is 98.2 Å². The molecule has 1 aliphatic rings. The van der Waals surface area contributed by atoms with Gasteiger partial charge >= 0.3 is 0 Å². The lowest BCUT2D eigenvalue weighted by Gasteiger charge is -2.23. The molecule has 108 valence electrons. The van der Waals surface area contributed by atoms with Crippen molar-refractivity contribution in [1.82, 2.24) is 8.96 Å². The van der Waals surface area contributed by atoms with E-state index in [-0.39, 0.29) is 11.9 Å². The smallest absolute Gasteiger partial charge is 0.239 e. The SMILES string of the molecule is CC(O)(c1ccc2c(c1)nc(N)n2S(C)(=O)=O)C1CC1. The molecular formula is C13H17N3O3S. The zero-order chi connectivity index (χ0) is 14.7. The zero-order valence-corrected chi connectivity index (χ0v) is 12.2. The molecule has 0 aliphatic heterocycles. The maximum absolute atomic E-state index is 11.7. The lowest BCUT2D eigenvalue weighted by atomic mass is 9.91. The molecule has 1 atom stereocenters. The lowest BCUT2D eigenvalue weighted by Crippen LogP contribution is -2.23. The molecule has 1 unspecified atom stereocenters. The monoisotopic (exact) mass is 295 g/mol. The average Bonchev–Trinajstić information content (AvgIpc) is 3.09. The van der Waals surface area contributed by atoms with E-state index in [1.807, 2.05) is 0 Å². The van der Waals surface area contributed by atoms with Crippen LogP contribution in [0.15, 0.2) is 18.2 Å². The van der Waals surface area contributed by atoms with Gasteiger partial charge in [-0.2, -0.15) is 0 Å². The van der Waals surface area contributed by atoms with Crippen molar-refractivity contribution in [1.29, 1.82) is 0 Å². The summed E-state index contributed by atoms with van der Waals surface area (Å²) in [6.45, 7) is 1.78. The van der Waals surface area contributed by atoms with Crippen molar-refractivity contribution in [2.24, 2.45) is 5.92 Å². The van der Waals surface area contributed by atoms with E-state index < -0.39 is 15.6 Å². The van der Waals surface area contributed by atoms with E-state index in [9.17, 15) is 13.5 Å². The standard InChI is InChI=1S/C13H17N3O3S/c1-13(17,8-3-4-8)9-5-6-11-10(7-9)15-12(14)16(11)20(2,18)19/h5-8,17H,3-4H2,1-2H3,(H2,14,15). The molecule has 1 heterocycles. The maximum Gasteiger partial charge on any atom is 0.239 e. The second-order valence-electron chi connectivity index (χ2n) is 5.62. The van der Waals surface area contributed by atoms with Gasteiger partial charge in [0.05, 0.1) is 22.9 Å². The maximum atomic E-state index is 11.7. The minimum atomic E-state index is -3.50. The van der Waals surface area contributed by atoms with Gasteiger partial charge < -0.3 is 10.8 Å². The largest absolute Gasteiger partial charge is 0.385 e. The number of benzene rings is 1. The summed E-state index contributed by atoms with van der Waals surface area (Å²) in [5, 5.41) is 10.5. The molecule has 1 aromatic heterocycles. The molecule has 1 fully saturated rings. The summed E-state index contributed by atoms with van der Waals surface area (Å²) in [5.41, 5.74) is 6.43. The van der Waals surface area contributed by atoms with E-state index in [1.54, 1.807) is 25.1 Å². The summed E-state index contributed by atoms with van der Waals surface area (Å²) in [5.74, 6) is 0.194. The number of imidazole rings is 1. The second kappa shape index (κ2) is 3.95. The molecule has 3 N–H and O–H groups in total. The van der Waals surface area contributed by atoms with Crippen LogP contribution in [0.1, 0.15) is 25.3 Å². The van der Waals surface area contributed by atoms with Crippen molar-refractivity contribution >= 4 is 27.0 Å². The van der Waals surface area contributed by atoms with Gasteiger partial charge in [-0.25, -0.2) is 17.4 Å². The van der Waals surface area contributed by atoms with Crippen LogP contribution in [-0.4, -0.2) is 28.7 Å². The van der Waals surface area contributed by atoms with Crippen molar-refractivity contribution < 1.29 is 13.5 Å². The van der Waals surface area contributed by atoms with Gasteiger partial charge in [0.15, 0.2) is 0 Å². The highest BCUT2D eigenvalue weighted by atomic mass is 32.2. The number of nitrogens with zero attached hydrogens (tertiary/aromatic N) is 2. The van der Waals surface area contributed by atoms with Crippen LogP contribution in [0.5, 0.6) is 0 Å². The second-order valence-corrected chi connectivity index (χ2v) is 7.45. The normalized spacial score (nSPS) is 19.1. The van der Waals surface area contributed by atoms with E-state index in [2.05, 4.69) is 4.98 Å². The summed E-state index contributed by atoms with van der Waals surface area (Å²) < 4.78 is 24.5. The molecule has 0 radical (unpaired) electrons. The number of anilines is 1. The number of aromatic nitrogens is 2. The molecule has 7 heteroatoms. The van der Waals surface area contributed by atoms with Crippen molar-refractivity contribution in [3.05, 3.63) is 23.8 Å². The fourth-order valence-electron chi connectivity index (χ4n) is 2.62. The summed E-state index contributed by atoms with van der Waals surface area (Å²) >= 11 is 0. The minimum Gasteiger partial charge on any atom is -0.385 e. The first kappa shape index (κ1) is 13.4. The van der Waals surface area contributed by atoms with Crippen LogP contribution in [0.25, 0.3) is 11.0 Å². The number of rotatable bonds is 3. The van der Waals surface area contributed by atoms with Crippen LogP contribution in [0.4, 0.5) is 5.95 Å². The third-order valence-electron chi connectivity index (χ3n) is 3.93. The Morgan fingerprint density at radius 1 is 1.45 bits per heavy atom. The minimum absolute atomic E-state index is 0.0642. The van der Waals surface area contributed by atoms with Crippen LogP contribution < -0.4 is 5.73 Å². The van der Waals surface area contributed by atoms with Gasteiger partial charge in [-0.3, -0.25) is 0 Å². The number of fused-ring (bicyclic) bond motifs is 1. The summed E-state index contributed by atoms with van der Waals surface area (Å²) in [6, 6.07) is 5.10. The number of nitrogens with two attached hydrogens (primary N) is 1. The lowest BCUT2D eigenvalue weighted by molar-refractivity contribution is 0.0332. The van der Waals surface area contributed by atoms with Crippen molar-refractivity contribution in [2.75, 3.05) is 12.0 Å². The number of hydrogen-bond acceptors (Lipinski definition) is 5. The van der Waals surface area contributed by atoms with Crippen LogP contribution in [0.2, 0.25) is 0 Å². The van der Waals surface area contributed by atoms with E-state index in [1.165, 1.54) is 0 Å². The number of nitrogen functional groups attached to an aromatic ring is 1. The molecule has 0 amide bonds. The molecule has 6 nitrogen and oxygen atoms in total. The Morgan fingerprint density at radius 2 is 2.10 bits per heavy atom. The van der Waals surface area contributed by atoms with E-state index in [0.717, 1.165) is 28.6 Å². The highest BCUT2D eigenvalue weighted by Gasteiger charge is 2.41. The Morgan fingerprint density at radius 3 is 2.65 bits per heavy atom. The highest BCUT2D eigenvalue weighted by Crippen LogP contribution is 2.45. The molecule has 20 heavy (non-hydrogen) atoms. The summed E-state index contributed by atoms with van der Waals surface area (Å²) in [7, 11) is -3.50.